The molecular weight excluding hydrogens is 217 g/mol. The molecule has 0 unspecified atom stereocenters. The number of hydrogen-bond acceptors (Lipinski definition) is 4. The Bertz CT molecular complexity index is 438. The fraction of sp³-hybridized carbons (Fsp3) is 0.286. The maximum Gasteiger partial charge on any atom is 0.449 e. The quantitative estimate of drug-likeness (QED) is 0.710. The van der Waals surface area contributed by atoms with E-state index in [9.17, 15) is 22.8 Å². The molecule has 0 saturated carbocycles. The van der Waals surface area contributed by atoms with E-state index < -0.39 is 29.4 Å². The number of aromatic nitrogens is 2. The van der Waals surface area contributed by atoms with Gasteiger partial charge in [0.15, 0.2) is 0 Å². The molecule has 0 bridgehead atoms. The fourth-order valence-corrected chi connectivity index (χ4v) is 0.769. The third kappa shape index (κ3) is 3.08. The maximum absolute atomic E-state index is 12.1. The molecule has 0 radical (unpaired) electrons. The summed E-state index contributed by atoms with van der Waals surface area (Å²) in [5.74, 6) is -3.05. The molecule has 1 heterocycles. The molecule has 0 atom stereocenters. The predicted molar refractivity (Wildman–Crippen MR) is 41.2 cm³/mol. The van der Waals surface area contributed by atoms with Gasteiger partial charge in [-0.15, -0.1) is 0 Å². The normalized spacial score (nSPS) is 11.2. The van der Waals surface area contributed by atoms with Crippen molar-refractivity contribution < 1.29 is 22.7 Å². The Labute approximate surface area is 80.9 Å². The first-order valence-corrected chi connectivity index (χ1v) is 3.66. The van der Waals surface area contributed by atoms with Crippen LogP contribution in [0.25, 0.3) is 0 Å². The van der Waals surface area contributed by atoms with E-state index in [-0.39, 0.29) is 0 Å². The number of nitrogens with one attached hydrogen (secondary N) is 1. The molecule has 0 aliphatic rings. The highest BCUT2D eigenvalue weighted by molar-refractivity contribution is 5.68. The zero-order valence-corrected chi connectivity index (χ0v) is 7.38. The van der Waals surface area contributed by atoms with Crippen LogP contribution in [0.1, 0.15) is 12.7 Å². The van der Waals surface area contributed by atoms with Crippen LogP contribution < -0.4 is 10.3 Å². The molecule has 5 nitrogen and oxygen atoms in total. The van der Waals surface area contributed by atoms with E-state index in [0.717, 1.165) is 6.92 Å². The van der Waals surface area contributed by atoms with Crippen molar-refractivity contribution in [3.8, 4) is 5.88 Å². The van der Waals surface area contributed by atoms with Gasteiger partial charge in [-0.1, -0.05) is 0 Å². The van der Waals surface area contributed by atoms with Crippen LogP contribution in [0.15, 0.2) is 10.9 Å². The second-order valence-electron chi connectivity index (χ2n) is 2.52. The topological polar surface area (TPSA) is 72.1 Å². The molecule has 0 fully saturated rings. The molecule has 0 aromatic carbocycles. The summed E-state index contributed by atoms with van der Waals surface area (Å²) in [6, 6.07) is 0.649. The minimum absolute atomic E-state index is 0.649. The number of alkyl halides is 3. The highest BCUT2D eigenvalue weighted by atomic mass is 19.4. The highest BCUT2D eigenvalue weighted by Crippen LogP contribution is 2.25. The van der Waals surface area contributed by atoms with Gasteiger partial charge in [0.05, 0.1) is 6.07 Å². The van der Waals surface area contributed by atoms with Crippen molar-refractivity contribution in [3.05, 3.63) is 22.2 Å². The van der Waals surface area contributed by atoms with Crippen molar-refractivity contribution in [1.82, 2.24) is 9.97 Å². The van der Waals surface area contributed by atoms with E-state index in [1.165, 1.54) is 4.98 Å². The molecule has 15 heavy (non-hydrogen) atoms. The van der Waals surface area contributed by atoms with Crippen LogP contribution in [-0.4, -0.2) is 15.9 Å². The van der Waals surface area contributed by atoms with Gasteiger partial charge in [-0.05, 0) is 0 Å². The maximum atomic E-state index is 12.1. The summed E-state index contributed by atoms with van der Waals surface area (Å²) < 4.78 is 40.6. The first-order valence-electron chi connectivity index (χ1n) is 3.66. The Morgan fingerprint density at radius 1 is 1.53 bits per heavy atom. The Morgan fingerprint density at radius 2 is 2.13 bits per heavy atom. The van der Waals surface area contributed by atoms with Gasteiger partial charge in [-0.2, -0.15) is 18.2 Å². The van der Waals surface area contributed by atoms with Crippen LogP contribution in [0.5, 0.6) is 5.88 Å². The average molecular weight is 222 g/mol. The Balaban J connectivity index is 3.17. The molecule has 0 spiro atoms. The van der Waals surface area contributed by atoms with Crippen molar-refractivity contribution in [3.63, 3.8) is 0 Å². The molecule has 0 aliphatic heterocycles. The number of nitrogens with zero attached hydrogens (tertiary/aromatic N) is 1. The Kier molecular flexibility index (Phi) is 2.78. The van der Waals surface area contributed by atoms with E-state index in [2.05, 4.69) is 9.72 Å². The Hall–Kier alpha value is -1.86. The second-order valence-corrected chi connectivity index (χ2v) is 2.52. The summed E-state index contributed by atoms with van der Waals surface area (Å²) in [4.78, 5) is 25.6. The molecule has 8 heteroatoms. The van der Waals surface area contributed by atoms with Crippen LogP contribution in [0.3, 0.4) is 0 Å². The number of H-pyrrole nitrogens is 1. The number of ether oxygens (including phenoxy) is 1. The van der Waals surface area contributed by atoms with Gasteiger partial charge in [0, 0.05) is 6.92 Å². The monoisotopic (exact) mass is 222 g/mol. The molecule has 0 aliphatic carbocycles. The van der Waals surface area contributed by atoms with Crippen molar-refractivity contribution >= 4 is 5.97 Å². The van der Waals surface area contributed by atoms with Crippen LogP contribution in [0, 0.1) is 0 Å². The number of carbonyl (C=O) groups excluding carboxylic acids is 1. The van der Waals surface area contributed by atoms with Gasteiger partial charge in [0.25, 0.3) is 5.56 Å². The van der Waals surface area contributed by atoms with Crippen molar-refractivity contribution in [2.24, 2.45) is 0 Å². The summed E-state index contributed by atoms with van der Waals surface area (Å²) in [5, 5.41) is 0. The molecule has 0 amide bonds. The largest absolute Gasteiger partial charge is 0.449 e. The summed E-state index contributed by atoms with van der Waals surface area (Å²) in [6.07, 6.45) is -4.80. The van der Waals surface area contributed by atoms with Crippen molar-refractivity contribution in [2.45, 2.75) is 13.1 Å². The van der Waals surface area contributed by atoms with Gasteiger partial charge in [-0.25, -0.2) is 0 Å². The zero-order chi connectivity index (χ0) is 11.6. The van der Waals surface area contributed by atoms with Gasteiger partial charge >= 0.3 is 12.1 Å². The van der Waals surface area contributed by atoms with E-state index in [1.54, 1.807) is 0 Å². The number of esters is 1. The van der Waals surface area contributed by atoms with Crippen LogP contribution in [0.4, 0.5) is 13.2 Å². The number of carbonyl (C=O) groups is 1. The molecule has 1 aromatic rings. The van der Waals surface area contributed by atoms with Gasteiger partial charge in [-0.3, -0.25) is 9.59 Å². The van der Waals surface area contributed by atoms with Gasteiger partial charge < -0.3 is 9.72 Å². The van der Waals surface area contributed by atoms with Crippen LogP contribution in [-0.2, 0) is 11.0 Å². The predicted octanol–water partition coefficient (Wildman–Crippen LogP) is 0.714. The third-order valence-corrected chi connectivity index (χ3v) is 1.23. The number of aromatic amines is 1. The first-order chi connectivity index (χ1) is 6.79. The molecule has 1 rings (SSSR count). The SMILES string of the molecule is CC(=O)Oc1cc(=O)[nH]c(C(F)(F)F)n1. The smallest absolute Gasteiger partial charge is 0.407 e. The number of hydrogen-bond donors (Lipinski definition) is 1. The van der Waals surface area contributed by atoms with E-state index in [1.807, 2.05) is 0 Å². The molecule has 0 saturated heterocycles. The zero-order valence-electron chi connectivity index (χ0n) is 7.38. The lowest BCUT2D eigenvalue weighted by Crippen LogP contribution is -2.19. The van der Waals surface area contributed by atoms with Crippen LogP contribution >= 0.6 is 0 Å². The molecule has 1 N–H and O–H groups in total. The Morgan fingerprint density at radius 3 is 2.60 bits per heavy atom. The fourth-order valence-electron chi connectivity index (χ4n) is 0.769. The highest BCUT2D eigenvalue weighted by Gasteiger charge is 2.34. The van der Waals surface area contributed by atoms with Crippen molar-refractivity contribution in [2.75, 3.05) is 0 Å². The molecular formula is C7H5F3N2O3. The first kappa shape index (κ1) is 11.2. The van der Waals surface area contributed by atoms with E-state index in [0.29, 0.717) is 6.07 Å². The van der Waals surface area contributed by atoms with E-state index in [4.69, 9.17) is 0 Å². The minimum atomic E-state index is -4.80. The minimum Gasteiger partial charge on any atom is -0.407 e. The summed E-state index contributed by atoms with van der Waals surface area (Å²) in [7, 11) is 0. The summed E-state index contributed by atoms with van der Waals surface area (Å²) in [6.45, 7) is 0.982. The second kappa shape index (κ2) is 3.71. The van der Waals surface area contributed by atoms with Gasteiger partial charge in [0.2, 0.25) is 11.7 Å². The summed E-state index contributed by atoms with van der Waals surface area (Å²) >= 11 is 0. The average Bonchev–Trinajstić information content (AvgIpc) is 1.99. The van der Waals surface area contributed by atoms with Crippen molar-refractivity contribution in [1.29, 1.82) is 0 Å². The number of rotatable bonds is 1. The lowest BCUT2D eigenvalue weighted by Gasteiger charge is -2.06. The summed E-state index contributed by atoms with van der Waals surface area (Å²) in [5.41, 5.74) is -1.05. The standard InChI is InChI=1S/C7H5F3N2O3/c1-3(13)15-5-2-4(14)11-6(12-5)7(8,9)10/h2H,1H3,(H,11,12,14). The lowest BCUT2D eigenvalue weighted by molar-refractivity contribution is -0.146. The van der Waals surface area contributed by atoms with Crippen LogP contribution in [0.2, 0.25) is 0 Å². The molecule has 1 aromatic heterocycles. The third-order valence-electron chi connectivity index (χ3n) is 1.23. The molecule has 82 valence electrons. The van der Waals surface area contributed by atoms with Gasteiger partial charge in [0.1, 0.15) is 0 Å². The van der Waals surface area contributed by atoms with E-state index >= 15 is 0 Å². The number of halogens is 3. The lowest BCUT2D eigenvalue weighted by atomic mass is 10.5.